The first kappa shape index (κ1) is 18.7. The average Bonchev–Trinajstić information content (AvgIpc) is 3.42. The second-order valence-electron chi connectivity index (χ2n) is 7.42. The highest BCUT2D eigenvalue weighted by Gasteiger charge is 2.26. The summed E-state index contributed by atoms with van der Waals surface area (Å²) in [5.74, 6) is 2.45. The standard InChI is InChI=1S/C20H26N4O4/c1-13-22-23-19(27-13)12-24-9-7-16(8-10-24)28-18-11-14(3-6-17(18)26-2)20(25)21-15-4-5-15/h3,6,11,15-16H,4-5,7-10,12H2,1-2H3,(H,21,25). The Bertz CT molecular complexity index is 825. The third-order valence-corrected chi connectivity index (χ3v) is 5.09. The predicted molar refractivity (Wildman–Crippen MR) is 101 cm³/mol. The number of methoxy groups -OCH3 is 1. The van der Waals surface area contributed by atoms with Gasteiger partial charge in [0.05, 0.1) is 13.7 Å². The summed E-state index contributed by atoms with van der Waals surface area (Å²) in [6.07, 6.45) is 3.97. The van der Waals surface area contributed by atoms with Crippen LogP contribution in [0.25, 0.3) is 0 Å². The fraction of sp³-hybridized carbons (Fsp3) is 0.550. The Morgan fingerprint density at radius 3 is 2.64 bits per heavy atom. The molecular weight excluding hydrogens is 360 g/mol. The zero-order chi connectivity index (χ0) is 19.5. The number of aromatic nitrogens is 2. The number of ether oxygens (including phenoxy) is 2. The molecule has 1 saturated carbocycles. The lowest BCUT2D eigenvalue weighted by atomic mass is 10.1. The molecule has 1 saturated heterocycles. The summed E-state index contributed by atoms with van der Waals surface area (Å²) in [6.45, 7) is 4.23. The van der Waals surface area contributed by atoms with E-state index in [1.54, 1.807) is 32.2 Å². The molecule has 1 amide bonds. The molecule has 1 aromatic carbocycles. The molecule has 150 valence electrons. The van der Waals surface area contributed by atoms with Crippen molar-refractivity contribution in [2.45, 2.75) is 51.3 Å². The lowest BCUT2D eigenvalue weighted by Crippen LogP contribution is -2.38. The van der Waals surface area contributed by atoms with E-state index in [9.17, 15) is 4.79 Å². The highest BCUT2D eigenvalue weighted by atomic mass is 16.5. The smallest absolute Gasteiger partial charge is 0.251 e. The second-order valence-corrected chi connectivity index (χ2v) is 7.42. The van der Waals surface area contributed by atoms with E-state index >= 15 is 0 Å². The fourth-order valence-corrected chi connectivity index (χ4v) is 3.36. The minimum absolute atomic E-state index is 0.0559. The van der Waals surface area contributed by atoms with Gasteiger partial charge in [-0.25, -0.2) is 0 Å². The Morgan fingerprint density at radius 2 is 2.00 bits per heavy atom. The minimum atomic E-state index is -0.0559. The monoisotopic (exact) mass is 386 g/mol. The van der Waals surface area contributed by atoms with Gasteiger partial charge in [0.2, 0.25) is 11.8 Å². The number of likely N-dealkylation sites (tertiary alicyclic amines) is 1. The molecule has 1 aliphatic carbocycles. The summed E-state index contributed by atoms with van der Waals surface area (Å²) >= 11 is 0. The number of amides is 1. The van der Waals surface area contributed by atoms with E-state index in [2.05, 4.69) is 20.4 Å². The molecule has 2 heterocycles. The molecule has 28 heavy (non-hydrogen) atoms. The molecule has 2 fully saturated rings. The van der Waals surface area contributed by atoms with Crippen LogP contribution in [0.3, 0.4) is 0 Å². The van der Waals surface area contributed by atoms with Gasteiger partial charge in [-0.05, 0) is 43.9 Å². The van der Waals surface area contributed by atoms with Crippen molar-refractivity contribution >= 4 is 5.91 Å². The molecule has 0 bridgehead atoms. The van der Waals surface area contributed by atoms with Crippen molar-refractivity contribution in [3.63, 3.8) is 0 Å². The van der Waals surface area contributed by atoms with E-state index < -0.39 is 0 Å². The molecule has 0 unspecified atom stereocenters. The van der Waals surface area contributed by atoms with Gasteiger partial charge in [0, 0.05) is 31.6 Å². The Kier molecular flexibility index (Phi) is 5.47. The predicted octanol–water partition coefficient (Wildman–Crippen LogP) is 2.32. The van der Waals surface area contributed by atoms with Crippen LogP contribution in [0, 0.1) is 6.92 Å². The van der Waals surface area contributed by atoms with E-state index in [-0.39, 0.29) is 12.0 Å². The van der Waals surface area contributed by atoms with Crippen molar-refractivity contribution in [2.24, 2.45) is 0 Å². The molecule has 1 aliphatic heterocycles. The van der Waals surface area contributed by atoms with Gasteiger partial charge in [0.1, 0.15) is 6.10 Å². The molecule has 2 aliphatic rings. The maximum absolute atomic E-state index is 12.3. The maximum Gasteiger partial charge on any atom is 0.251 e. The molecule has 8 heteroatoms. The Labute approximate surface area is 164 Å². The number of carbonyl (C=O) groups excluding carboxylic acids is 1. The van der Waals surface area contributed by atoms with Crippen molar-refractivity contribution in [1.29, 1.82) is 0 Å². The summed E-state index contributed by atoms with van der Waals surface area (Å²) in [6, 6.07) is 5.68. The van der Waals surface area contributed by atoms with Crippen LogP contribution in [0.1, 0.15) is 47.8 Å². The van der Waals surface area contributed by atoms with Crippen LogP contribution in [0.4, 0.5) is 0 Å². The number of rotatable bonds is 7. The van der Waals surface area contributed by atoms with Crippen LogP contribution < -0.4 is 14.8 Å². The van der Waals surface area contributed by atoms with E-state index in [1.807, 2.05) is 0 Å². The van der Waals surface area contributed by atoms with Crippen LogP contribution in [0.2, 0.25) is 0 Å². The maximum atomic E-state index is 12.3. The van der Waals surface area contributed by atoms with Gasteiger partial charge in [-0.2, -0.15) is 0 Å². The van der Waals surface area contributed by atoms with Crippen molar-refractivity contribution < 1.29 is 18.7 Å². The Morgan fingerprint density at radius 1 is 1.21 bits per heavy atom. The van der Waals surface area contributed by atoms with Crippen LogP contribution >= 0.6 is 0 Å². The molecule has 0 spiro atoms. The molecule has 0 atom stereocenters. The van der Waals surface area contributed by atoms with Crippen molar-refractivity contribution in [3.05, 3.63) is 35.5 Å². The molecule has 2 aromatic rings. The Balaban J connectivity index is 1.35. The summed E-state index contributed by atoms with van der Waals surface area (Å²) in [4.78, 5) is 14.6. The lowest BCUT2D eigenvalue weighted by Gasteiger charge is -2.31. The zero-order valence-corrected chi connectivity index (χ0v) is 16.3. The number of benzene rings is 1. The van der Waals surface area contributed by atoms with Gasteiger partial charge >= 0.3 is 0 Å². The van der Waals surface area contributed by atoms with Gasteiger partial charge in [0.25, 0.3) is 5.91 Å². The van der Waals surface area contributed by atoms with Gasteiger partial charge in [-0.15, -0.1) is 10.2 Å². The lowest BCUT2D eigenvalue weighted by molar-refractivity contribution is 0.0886. The topological polar surface area (TPSA) is 89.7 Å². The molecule has 8 nitrogen and oxygen atoms in total. The van der Waals surface area contributed by atoms with E-state index in [1.165, 1.54) is 0 Å². The third kappa shape index (κ3) is 4.62. The van der Waals surface area contributed by atoms with Crippen LogP contribution in [0.5, 0.6) is 11.5 Å². The first-order valence-corrected chi connectivity index (χ1v) is 9.77. The van der Waals surface area contributed by atoms with Gasteiger partial charge in [0.15, 0.2) is 11.5 Å². The first-order chi connectivity index (χ1) is 13.6. The molecule has 1 N–H and O–H groups in total. The largest absolute Gasteiger partial charge is 0.493 e. The Hall–Kier alpha value is -2.61. The number of piperidine rings is 1. The summed E-state index contributed by atoms with van der Waals surface area (Å²) in [5, 5.41) is 10.9. The van der Waals surface area contributed by atoms with Crippen LogP contribution in [-0.4, -0.2) is 53.3 Å². The molecule has 4 rings (SSSR count). The number of hydrogen-bond acceptors (Lipinski definition) is 7. The fourth-order valence-electron chi connectivity index (χ4n) is 3.36. The highest BCUT2D eigenvalue weighted by molar-refractivity contribution is 5.95. The molecular formula is C20H26N4O4. The number of carbonyl (C=O) groups is 1. The molecule has 0 radical (unpaired) electrons. The van der Waals surface area contributed by atoms with Gasteiger partial charge in [-0.1, -0.05) is 0 Å². The minimum Gasteiger partial charge on any atom is -0.493 e. The quantitative estimate of drug-likeness (QED) is 0.781. The van der Waals surface area contributed by atoms with Crippen molar-refractivity contribution in [2.75, 3.05) is 20.2 Å². The highest BCUT2D eigenvalue weighted by Crippen LogP contribution is 2.31. The van der Waals surface area contributed by atoms with Crippen LogP contribution in [0.15, 0.2) is 22.6 Å². The number of aryl methyl sites for hydroxylation is 1. The third-order valence-electron chi connectivity index (χ3n) is 5.09. The first-order valence-electron chi connectivity index (χ1n) is 9.77. The summed E-state index contributed by atoms with van der Waals surface area (Å²) < 4.78 is 17.1. The van der Waals surface area contributed by atoms with Crippen molar-refractivity contribution in [1.82, 2.24) is 20.4 Å². The van der Waals surface area contributed by atoms with Gasteiger partial charge < -0.3 is 19.2 Å². The number of hydrogen-bond donors (Lipinski definition) is 1. The number of nitrogens with zero attached hydrogens (tertiary/aromatic N) is 3. The average molecular weight is 386 g/mol. The van der Waals surface area contributed by atoms with Crippen LogP contribution in [-0.2, 0) is 6.54 Å². The SMILES string of the molecule is COc1ccc(C(=O)NC2CC2)cc1OC1CCN(Cc2nnc(C)o2)CC1. The molecule has 1 aromatic heterocycles. The second kappa shape index (κ2) is 8.18. The summed E-state index contributed by atoms with van der Waals surface area (Å²) in [7, 11) is 1.61. The summed E-state index contributed by atoms with van der Waals surface area (Å²) in [5.41, 5.74) is 0.604. The van der Waals surface area contributed by atoms with Crippen molar-refractivity contribution in [3.8, 4) is 11.5 Å². The van der Waals surface area contributed by atoms with E-state index in [0.717, 1.165) is 38.8 Å². The number of nitrogens with one attached hydrogen (secondary N) is 1. The van der Waals surface area contributed by atoms with Gasteiger partial charge in [-0.3, -0.25) is 9.69 Å². The van der Waals surface area contributed by atoms with E-state index in [4.69, 9.17) is 13.9 Å². The normalized spacial score (nSPS) is 18.1. The van der Waals surface area contributed by atoms with E-state index in [0.29, 0.717) is 41.4 Å². The zero-order valence-electron chi connectivity index (χ0n) is 16.3.